The van der Waals surface area contributed by atoms with Crippen LogP contribution < -0.4 is 0 Å². The van der Waals surface area contributed by atoms with Gasteiger partial charge in [-0.15, -0.1) is 0 Å². The van der Waals surface area contributed by atoms with E-state index in [1.165, 1.54) is 0 Å². The van der Waals surface area contributed by atoms with E-state index in [0.29, 0.717) is 0 Å². The van der Waals surface area contributed by atoms with Crippen LogP contribution in [0.4, 0.5) is 0 Å². The van der Waals surface area contributed by atoms with Crippen LogP contribution >= 0.6 is 7.28 Å². The summed E-state index contributed by atoms with van der Waals surface area (Å²) in [5.41, 5.74) is 0. The first kappa shape index (κ1) is 8.27. The van der Waals surface area contributed by atoms with Crippen LogP contribution in [-0.2, 0) is 0 Å². The molecule has 0 spiro atoms. The molecule has 0 rings (SSSR count). The summed E-state index contributed by atoms with van der Waals surface area (Å²) in [7, 11) is -4.35. The van der Waals surface area contributed by atoms with Crippen molar-refractivity contribution >= 4 is 7.28 Å². The second-order valence-electron chi connectivity index (χ2n) is 2.06. The minimum absolute atomic E-state index is 0.342. The molecule has 0 aromatic rings. The molecule has 0 atom stereocenters. The van der Waals surface area contributed by atoms with E-state index in [1.54, 1.807) is 0 Å². The van der Waals surface area contributed by atoms with Crippen molar-refractivity contribution in [1.29, 1.82) is 0 Å². The molecule has 4 nitrogen and oxygen atoms in total. The van der Waals surface area contributed by atoms with Gasteiger partial charge in [-0.3, -0.25) is 0 Å². The molecule has 0 bridgehead atoms. The van der Waals surface area contributed by atoms with Gasteiger partial charge in [0.1, 0.15) is 0 Å². The fourth-order valence-electron chi connectivity index (χ4n) is 0.234. The molecule has 8 heavy (non-hydrogen) atoms. The van der Waals surface area contributed by atoms with Gasteiger partial charge >= 0.3 is 46.5 Å². The van der Waals surface area contributed by atoms with E-state index in [2.05, 4.69) is 0 Å². The van der Waals surface area contributed by atoms with Gasteiger partial charge in [-0.05, 0) is 0 Å². The van der Waals surface area contributed by atoms with E-state index in [4.69, 9.17) is 19.8 Å². The van der Waals surface area contributed by atoms with E-state index in [9.17, 15) is 0 Å². The Balaban J connectivity index is 3.73. The molecule has 0 aliphatic rings. The maximum atomic E-state index is 8.56. The van der Waals surface area contributed by atoms with E-state index >= 15 is 0 Å². The van der Waals surface area contributed by atoms with Crippen molar-refractivity contribution in [2.75, 3.05) is 19.4 Å². The van der Waals surface area contributed by atoms with E-state index < -0.39 is 13.9 Å². The van der Waals surface area contributed by atoms with Gasteiger partial charge in [-0.25, -0.2) is 0 Å². The summed E-state index contributed by atoms with van der Waals surface area (Å²) in [6, 6.07) is 0. The van der Waals surface area contributed by atoms with Crippen molar-refractivity contribution in [2.45, 2.75) is 0 Å². The molecule has 0 aliphatic heterocycles. The molecule has 0 aromatic carbocycles. The molecule has 52 valence electrons. The topological polar surface area (TPSA) is 80.9 Å². The molecule has 0 amide bonds. The molecule has 0 saturated carbocycles. The first-order chi connectivity index (χ1) is 3.31. The van der Waals surface area contributed by atoms with Gasteiger partial charge in [0.05, 0.1) is 0 Å². The fourth-order valence-corrected chi connectivity index (χ4v) is 0.702. The minimum atomic E-state index is -4.35. The molecule has 5 heteroatoms. The summed E-state index contributed by atoms with van der Waals surface area (Å²) < 4.78 is 0. The van der Waals surface area contributed by atoms with Gasteiger partial charge in [0.15, 0.2) is 0 Å². The zero-order valence-corrected chi connectivity index (χ0v) is 5.54. The Morgan fingerprint density at radius 3 is 1.62 bits per heavy atom. The summed E-state index contributed by atoms with van der Waals surface area (Å²) in [5.74, 6) is 0. The Hall–Kier alpha value is 0.270. The third-order valence-electron chi connectivity index (χ3n) is 0.624. The van der Waals surface area contributed by atoms with Crippen molar-refractivity contribution in [1.82, 2.24) is 0 Å². The number of hydrogen-bond donors (Lipinski definition) is 4. The second-order valence-corrected chi connectivity index (χ2v) is 5.72. The Morgan fingerprint density at radius 2 is 1.62 bits per heavy atom. The molecule has 4 N–H and O–H groups in total. The van der Waals surface area contributed by atoms with Gasteiger partial charge in [-0.2, -0.15) is 0 Å². The van der Waals surface area contributed by atoms with Crippen molar-refractivity contribution in [3.8, 4) is 0 Å². The van der Waals surface area contributed by atoms with Crippen LogP contribution in [-0.4, -0.2) is 39.2 Å². The molecule has 0 aliphatic carbocycles. The van der Waals surface area contributed by atoms with Crippen LogP contribution in [0.5, 0.6) is 0 Å². The Morgan fingerprint density at radius 1 is 1.25 bits per heavy atom. The third-order valence-corrected chi connectivity index (χ3v) is 1.87. The van der Waals surface area contributed by atoms with Crippen LogP contribution in [0.25, 0.3) is 0 Å². The number of aliphatic hydroxyl groups excluding tert-OH is 1. The molecule has 0 radical (unpaired) electrons. The first-order valence-electron chi connectivity index (χ1n) is 2.18. The molecule has 0 saturated heterocycles. The summed E-state index contributed by atoms with van der Waals surface area (Å²) >= 11 is 0. The third kappa shape index (κ3) is 6.27. The molecule has 0 aromatic heterocycles. The van der Waals surface area contributed by atoms with Crippen LogP contribution in [0.1, 0.15) is 0 Å². The monoisotopic (exact) mass is 142 g/mol. The molecule has 0 fully saturated rings. The van der Waals surface area contributed by atoms with Crippen molar-refractivity contribution in [3.63, 3.8) is 0 Å². The predicted octanol–water partition coefficient (Wildman–Crippen LogP) is -1.12. The first-order valence-corrected chi connectivity index (χ1v) is 4.91. The molecule has 0 heterocycles. The van der Waals surface area contributed by atoms with Crippen molar-refractivity contribution in [3.05, 3.63) is 0 Å². The predicted molar refractivity (Wildman–Crippen MR) is 31.5 cm³/mol. The van der Waals surface area contributed by atoms with E-state index in [0.717, 1.165) is 6.66 Å². The number of hydrogen-bond acceptors (Lipinski definition) is 4. The summed E-state index contributed by atoms with van der Waals surface area (Å²) in [4.78, 5) is 25.7. The zero-order chi connectivity index (χ0) is 6.86. The normalized spacial score (nSPS) is 17.4. The van der Waals surface area contributed by atoms with E-state index in [1.807, 2.05) is 0 Å². The van der Waals surface area contributed by atoms with Crippen LogP contribution in [0.3, 0.4) is 0 Å². The average Bonchev–Trinajstić information content (AvgIpc) is 1.25. The Labute approximate surface area is 47.6 Å². The zero-order valence-electron chi connectivity index (χ0n) is 4.65. The molecular weight excluding hydrogens is 131 g/mol. The fraction of sp³-hybridized carbons (Fsp3) is 1.00. The van der Waals surface area contributed by atoms with Gasteiger partial charge in [0.2, 0.25) is 0 Å². The molecular formula is C3H11O4P. The van der Waals surface area contributed by atoms with Gasteiger partial charge < -0.3 is 0 Å². The molecule has 0 unspecified atom stereocenters. The average molecular weight is 142 g/mol. The van der Waals surface area contributed by atoms with Crippen molar-refractivity contribution in [2.24, 2.45) is 0 Å². The van der Waals surface area contributed by atoms with Crippen molar-refractivity contribution < 1.29 is 19.8 Å². The summed E-state index contributed by atoms with van der Waals surface area (Å²) in [6.45, 7) is 0.527. The maximum absolute atomic E-state index is 8.56. The SMILES string of the molecule is CP(O)(O)(O)CCO. The van der Waals surface area contributed by atoms with Gasteiger partial charge in [0, 0.05) is 0 Å². The van der Waals surface area contributed by atoms with Crippen LogP contribution in [0.2, 0.25) is 0 Å². The quantitative estimate of drug-likeness (QED) is 0.368. The Kier molecular flexibility index (Phi) is 1.96. The summed E-state index contributed by atoms with van der Waals surface area (Å²) in [6.07, 6.45) is -0.342. The van der Waals surface area contributed by atoms with Crippen LogP contribution in [0.15, 0.2) is 0 Å². The van der Waals surface area contributed by atoms with E-state index in [-0.39, 0.29) is 6.16 Å². The second kappa shape index (κ2) is 1.90. The number of aliphatic hydroxyl groups is 1. The van der Waals surface area contributed by atoms with Gasteiger partial charge in [0.25, 0.3) is 0 Å². The summed E-state index contributed by atoms with van der Waals surface area (Å²) in [5, 5.41) is 8.12. The standard InChI is InChI=1S/C3H11O4P/c1-8(5,6,7)3-2-4/h4-7H,2-3H2,1H3. The van der Waals surface area contributed by atoms with Gasteiger partial charge in [-0.1, -0.05) is 0 Å². The number of rotatable bonds is 2. The van der Waals surface area contributed by atoms with Crippen LogP contribution in [0, 0.1) is 0 Å². The Bertz CT molecular complexity index is 73.8.